The number of thiophene rings is 1. The number of carbonyl (C=O) groups excluding carboxylic acids is 1. The maximum atomic E-state index is 11.0. The standard InChI is InChI=1S/C9H12BrNOS/c1-2-7-3-4-13-8(7)6-11-9(12)5-10/h3-4H,2,5-6H2,1H3,(H,11,12). The Morgan fingerprint density at radius 1 is 1.69 bits per heavy atom. The van der Waals surface area contributed by atoms with E-state index in [4.69, 9.17) is 0 Å². The van der Waals surface area contributed by atoms with Crippen LogP contribution in [0.15, 0.2) is 11.4 Å². The van der Waals surface area contributed by atoms with Crippen LogP contribution in [-0.4, -0.2) is 11.2 Å². The Hall–Kier alpha value is -0.350. The summed E-state index contributed by atoms with van der Waals surface area (Å²) < 4.78 is 0. The molecule has 0 aromatic carbocycles. The van der Waals surface area contributed by atoms with E-state index in [2.05, 4.69) is 39.6 Å². The van der Waals surface area contributed by atoms with Crippen molar-refractivity contribution in [1.29, 1.82) is 0 Å². The second-order valence-corrected chi connectivity index (χ2v) is 4.19. The van der Waals surface area contributed by atoms with Gasteiger partial charge in [-0.1, -0.05) is 22.9 Å². The number of nitrogens with one attached hydrogen (secondary N) is 1. The van der Waals surface area contributed by atoms with E-state index in [1.807, 2.05) is 0 Å². The van der Waals surface area contributed by atoms with Crippen molar-refractivity contribution in [3.05, 3.63) is 21.9 Å². The SMILES string of the molecule is CCc1ccsc1CNC(=O)CBr. The molecule has 1 amide bonds. The molecule has 0 aliphatic rings. The second kappa shape index (κ2) is 5.40. The van der Waals surface area contributed by atoms with Gasteiger partial charge in [0.2, 0.25) is 5.91 Å². The number of hydrogen-bond acceptors (Lipinski definition) is 2. The fourth-order valence-corrected chi connectivity index (χ4v) is 2.18. The lowest BCUT2D eigenvalue weighted by atomic mass is 10.2. The van der Waals surface area contributed by atoms with Crippen LogP contribution < -0.4 is 5.32 Å². The first kappa shape index (κ1) is 10.7. The van der Waals surface area contributed by atoms with Gasteiger partial charge in [0.05, 0.1) is 11.9 Å². The van der Waals surface area contributed by atoms with Crippen molar-refractivity contribution in [2.75, 3.05) is 5.33 Å². The van der Waals surface area contributed by atoms with E-state index >= 15 is 0 Å². The van der Waals surface area contributed by atoms with Gasteiger partial charge in [-0.3, -0.25) is 4.79 Å². The summed E-state index contributed by atoms with van der Waals surface area (Å²) in [5.41, 5.74) is 1.33. The number of aryl methyl sites for hydroxylation is 1. The molecule has 0 spiro atoms. The minimum absolute atomic E-state index is 0.0375. The van der Waals surface area contributed by atoms with Crippen molar-refractivity contribution >= 4 is 33.2 Å². The monoisotopic (exact) mass is 261 g/mol. The lowest BCUT2D eigenvalue weighted by molar-refractivity contribution is -0.118. The summed E-state index contributed by atoms with van der Waals surface area (Å²) in [6, 6.07) is 2.11. The smallest absolute Gasteiger partial charge is 0.230 e. The Bertz CT molecular complexity index is 285. The van der Waals surface area contributed by atoms with Crippen LogP contribution in [0, 0.1) is 0 Å². The highest BCUT2D eigenvalue weighted by molar-refractivity contribution is 9.09. The molecule has 1 aromatic rings. The Morgan fingerprint density at radius 2 is 2.46 bits per heavy atom. The van der Waals surface area contributed by atoms with Crippen molar-refractivity contribution < 1.29 is 4.79 Å². The molecule has 0 unspecified atom stereocenters. The summed E-state index contributed by atoms with van der Waals surface area (Å²) in [4.78, 5) is 12.2. The van der Waals surface area contributed by atoms with Crippen LogP contribution in [0.2, 0.25) is 0 Å². The van der Waals surface area contributed by atoms with Crippen LogP contribution in [0.1, 0.15) is 17.4 Å². The maximum Gasteiger partial charge on any atom is 0.230 e. The number of hydrogen-bond donors (Lipinski definition) is 1. The van der Waals surface area contributed by atoms with Crippen molar-refractivity contribution in [3.8, 4) is 0 Å². The molecule has 72 valence electrons. The minimum Gasteiger partial charge on any atom is -0.350 e. The molecule has 1 heterocycles. The van der Waals surface area contributed by atoms with E-state index in [0.717, 1.165) is 6.42 Å². The van der Waals surface area contributed by atoms with E-state index in [0.29, 0.717) is 11.9 Å². The number of rotatable bonds is 4. The van der Waals surface area contributed by atoms with Gasteiger partial charge in [0, 0.05) is 4.88 Å². The summed E-state index contributed by atoms with van der Waals surface area (Å²) in [6.07, 6.45) is 1.03. The third-order valence-corrected chi connectivity index (χ3v) is 3.26. The first-order valence-electron chi connectivity index (χ1n) is 4.15. The largest absolute Gasteiger partial charge is 0.350 e. The summed E-state index contributed by atoms with van der Waals surface area (Å²) >= 11 is 4.80. The van der Waals surface area contributed by atoms with Crippen LogP contribution >= 0.6 is 27.3 Å². The van der Waals surface area contributed by atoms with Gasteiger partial charge in [-0.25, -0.2) is 0 Å². The molecule has 0 aliphatic carbocycles. The summed E-state index contributed by atoms with van der Waals surface area (Å²) in [5, 5.41) is 5.27. The van der Waals surface area contributed by atoms with Gasteiger partial charge < -0.3 is 5.32 Å². The average Bonchev–Trinajstić information content (AvgIpc) is 2.61. The summed E-state index contributed by atoms with van der Waals surface area (Å²) in [7, 11) is 0. The lowest BCUT2D eigenvalue weighted by Crippen LogP contribution is -2.23. The van der Waals surface area contributed by atoms with Crippen LogP contribution in [0.3, 0.4) is 0 Å². The molecule has 4 heteroatoms. The molecule has 2 nitrogen and oxygen atoms in total. The number of alkyl halides is 1. The first-order chi connectivity index (χ1) is 6.27. The molecular formula is C9H12BrNOS. The van der Waals surface area contributed by atoms with Crippen molar-refractivity contribution in [1.82, 2.24) is 5.32 Å². The van der Waals surface area contributed by atoms with E-state index < -0.39 is 0 Å². The summed E-state index contributed by atoms with van der Waals surface area (Å²) in [6.45, 7) is 2.78. The number of carbonyl (C=O) groups is 1. The fraction of sp³-hybridized carbons (Fsp3) is 0.444. The van der Waals surface area contributed by atoms with Gasteiger partial charge in [-0.2, -0.15) is 0 Å². The highest BCUT2D eigenvalue weighted by Crippen LogP contribution is 2.16. The van der Waals surface area contributed by atoms with Gasteiger partial charge in [-0.05, 0) is 23.4 Å². The quantitative estimate of drug-likeness (QED) is 0.829. The fourth-order valence-electron chi connectivity index (χ4n) is 1.06. The predicted molar refractivity (Wildman–Crippen MR) is 59.3 cm³/mol. The molecule has 0 saturated carbocycles. The molecular weight excluding hydrogens is 250 g/mol. The second-order valence-electron chi connectivity index (χ2n) is 2.63. The van der Waals surface area contributed by atoms with Crippen LogP contribution in [-0.2, 0) is 17.8 Å². The lowest BCUT2D eigenvalue weighted by Gasteiger charge is -2.02. The zero-order valence-corrected chi connectivity index (χ0v) is 9.87. The van der Waals surface area contributed by atoms with E-state index in [-0.39, 0.29) is 5.91 Å². The van der Waals surface area contributed by atoms with Crippen LogP contribution in [0.4, 0.5) is 0 Å². The van der Waals surface area contributed by atoms with Gasteiger partial charge >= 0.3 is 0 Å². The normalized spacial score (nSPS) is 10.0. The van der Waals surface area contributed by atoms with E-state index in [1.165, 1.54) is 10.4 Å². The zero-order chi connectivity index (χ0) is 9.68. The summed E-state index contributed by atoms with van der Waals surface area (Å²) in [5.74, 6) is 0.0375. The molecule has 0 saturated heterocycles. The third kappa shape index (κ3) is 3.12. The highest BCUT2D eigenvalue weighted by atomic mass is 79.9. The molecule has 0 aliphatic heterocycles. The first-order valence-corrected chi connectivity index (χ1v) is 6.16. The van der Waals surface area contributed by atoms with E-state index in [9.17, 15) is 4.79 Å². The van der Waals surface area contributed by atoms with Crippen molar-refractivity contribution in [2.45, 2.75) is 19.9 Å². The number of amides is 1. The molecule has 0 radical (unpaired) electrons. The van der Waals surface area contributed by atoms with Crippen molar-refractivity contribution in [2.24, 2.45) is 0 Å². The Kier molecular flexibility index (Phi) is 4.45. The van der Waals surface area contributed by atoms with Crippen LogP contribution in [0.5, 0.6) is 0 Å². The topological polar surface area (TPSA) is 29.1 Å². The maximum absolute atomic E-state index is 11.0. The molecule has 0 bridgehead atoms. The van der Waals surface area contributed by atoms with Gasteiger partial charge in [0.1, 0.15) is 0 Å². The highest BCUT2D eigenvalue weighted by Gasteiger charge is 2.03. The van der Waals surface area contributed by atoms with Crippen molar-refractivity contribution in [3.63, 3.8) is 0 Å². The Balaban J connectivity index is 2.49. The Labute approximate surface area is 90.5 Å². The van der Waals surface area contributed by atoms with Gasteiger partial charge in [-0.15, -0.1) is 11.3 Å². The van der Waals surface area contributed by atoms with Crippen LogP contribution in [0.25, 0.3) is 0 Å². The third-order valence-electron chi connectivity index (χ3n) is 1.79. The van der Waals surface area contributed by atoms with Gasteiger partial charge in [0.25, 0.3) is 0 Å². The average molecular weight is 262 g/mol. The zero-order valence-electron chi connectivity index (χ0n) is 7.47. The predicted octanol–water partition coefficient (Wildman–Crippen LogP) is 2.32. The Morgan fingerprint density at radius 3 is 3.08 bits per heavy atom. The van der Waals surface area contributed by atoms with Gasteiger partial charge in [0.15, 0.2) is 0 Å². The van der Waals surface area contributed by atoms with E-state index in [1.54, 1.807) is 11.3 Å². The molecule has 1 rings (SSSR count). The molecule has 0 fully saturated rings. The molecule has 0 atom stereocenters. The molecule has 13 heavy (non-hydrogen) atoms. The number of halogens is 1. The molecule has 1 aromatic heterocycles. The minimum atomic E-state index is 0.0375. The molecule has 1 N–H and O–H groups in total.